The average Bonchev–Trinajstić information content (AvgIpc) is 3.02. The lowest BCUT2D eigenvalue weighted by molar-refractivity contribution is 0.205. The summed E-state index contributed by atoms with van der Waals surface area (Å²) in [6.45, 7) is 1.29. The number of urea groups is 1. The highest BCUT2D eigenvalue weighted by molar-refractivity contribution is 7.91. The fourth-order valence-electron chi connectivity index (χ4n) is 2.33. The molecule has 0 saturated carbocycles. The number of carbonyl (C=O) groups is 1. The minimum Gasteiger partial charge on any atom is -0.492 e. The lowest BCUT2D eigenvalue weighted by atomic mass is 10.2. The maximum absolute atomic E-state index is 11.9. The fraction of sp³-hybridized carbons (Fsp3) is 0.467. The number of hydrogen-bond acceptors (Lipinski definition) is 5. The van der Waals surface area contributed by atoms with Gasteiger partial charge in [-0.2, -0.15) is 5.26 Å². The van der Waals surface area contributed by atoms with Crippen LogP contribution in [0.2, 0.25) is 0 Å². The summed E-state index contributed by atoms with van der Waals surface area (Å²) < 4.78 is 28.4. The van der Waals surface area contributed by atoms with E-state index in [1.165, 1.54) is 11.2 Å². The third kappa shape index (κ3) is 4.86. The number of carbonyl (C=O) groups excluding carboxylic acids is 1. The van der Waals surface area contributed by atoms with E-state index < -0.39 is 15.1 Å². The van der Waals surface area contributed by atoms with Gasteiger partial charge in [-0.05, 0) is 30.7 Å². The van der Waals surface area contributed by atoms with Crippen molar-refractivity contribution in [3.8, 4) is 11.8 Å². The van der Waals surface area contributed by atoms with Crippen LogP contribution in [0.5, 0.6) is 5.75 Å². The van der Waals surface area contributed by atoms with Crippen molar-refractivity contribution < 1.29 is 17.9 Å². The van der Waals surface area contributed by atoms with Crippen molar-refractivity contribution in [2.24, 2.45) is 0 Å². The summed E-state index contributed by atoms with van der Waals surface area (Å²) in [5.74, 6) is 0.622. The third-order valence-corrected chi connectivity index (χ3v) is 5.26. The van der Waals surface area contributed by atoms with E-state index in [4.69, 9.17) is 10.00 Å². The zero-order chi connectivity index (χ0) is 16.9. The first-order valence-corrected chi connectivity index (χ1v) is 9.20. The van der Waals surface area contributed by atoms with E-state index in [1.807, 2.05) is 6.07 Å². The number of ether oxygens (including phenoxy) is 1. The zero-order valence-corrected chi connectivity index (χ0v) is 13.7. The van der Waals surface area contributed by atoms with Crippen LogP contribution in [0.25, 0.3) is 0 Å². The standard InChI is InChI=1S/C15H19N3O4S/c1-23(20,21)14-6-8-18(11-14)15(19)17-7-9-22-13-4-2-12(10-16)3-5-13/h2-5,14H,6-9,11H2,1H3,(H,17,19)/t14-/m0/s1. The topological polar surface area (TPSA) is 99.5 Å². The Morgan fingerprint density at radius 1 is 1.43 bits per heavy atom. The molecule has 1 aliphatic heterocycles. The second-order valence-electron chi connectivity index (χ2n) is 5.40. The summed E-state index contributed by atoms with van der Waals surface area (Å²) in [5.41, 5.74) is 0.556. The Kier molecular flexibility index (Phi) is 5.45. The highest BCUT2D eigenvalue weighted by Crippen LogP contribution is 2.16. The van der Waals surface area contributed by atoms with Crippen LogP contribution in [0.15, 0.2) is 24.3 Å². The second-order valence-corrected chi connectivity index (χ2v) is 7.73. The summed E-state index contributed by atoms with van der Waals surface area (Å²) in [6, 6.07) is 8.44. The van der Waals surface area contributed by atoms with Gasteiger partial charge in [0.15, 0.2) is 9.84 Å². The Balaban J connectivity index is 1.70. The molecule has 0 radical (unpaired) electrons. The zero-order valence-electron chi connectivity index (χ0n) is 12.9. The predicted octanol–water partition coefficient (Wildman–Crippen LogP) is 0.766. The average molecular weight is 337 g/mol. The number of nitrogens with one attached hydrogen (secondary N) is 1. The molecule has 2 amide bonds. The molecule has 0 aromatic heterocycles. The van der Waals surface area contributed by atoms with Gasteiger partial charge in [0.1, 0.15) is 12.4 Å². The molecule has 0 bridgehead atoms. The van der Waals surface area contributed by atoms with E-state index in [-0.39, 0.29) is 12.6 Å². The number of sulfone groups is 1. The van der Waals surface area contributed by atoms with Crippen molar-refractivity contribution in [1.29, 1.82) is 5.26 Å². The van der Waals surface area contributed by atoms with Crippen LogP contribution in [-0.4, -0.2) is 57.1 Å². The quantitative estimate of drug-likeness (QED) is 0.800. The number of benzene rings is 1. The second kappa shape index (κ2) is 7.33. The van der Waals surface area contributed by atoms with Crippen LogP contribution in [0.1, 0.15) is 12.0 Å². The van der Waals surface area contributed by atoms with Crippen LogP contribution < -0.4 is 10.1 Å². The molecule has 1 atom stereocenters. The molecule has 2 rings (SSSR count). The maximum Gasteiger partial charge on any atom is 0.317 e. The number of rotatable bonds is 5. The summed E-state index contributed by atoms with van der Waals surface area (Å²) in [6.07, 6.45) is 1.68. The Bertz CT molecular complexity index is 694. The van der Waals surface area contributed by atoms with Crippen molar-refractivity contribution in [1.82, 2.24) is 10.2 Å². The van der Waals surface area contributed by atoms with Gasteiger partial charge in [0, 0.05) is 19.3 Å². The largest absolute Gasteiger partial charge is 0.492 e. The summed E-state index contributed by atoms with van der Waals surface area (Å²) in [5, 5.41) is 10.9. The molecule has 1 fully saturated rings. The Morgan fingerprint density at radius 3 is 2.70 bits per heavy atom. The molecule has 0 aliphatic carbocycles. The van der Waals surface area contributed by atoms with Crippen molar-refractivity contribution >= 4 is 15.9 Å². The SMILES string of the molecule is CS(=O)(=O)[C@H]1CCN(C(=O)NCCOc2ccc(C#N)cc2)C1. The summed E-state index contributed by atoms with van der Waals surface area (Å²) in [4.78, 5) is 13.4. The van der Waals surface area contributed by atoms with E-state index in [0.717, 1.165) is 0 Å². The minimum absolute atomic E-state index is 0.237. The van der Waals surface area contributed by atoms with E-state index in [0.29, 0.717) is 37.4 Å². The first kappa shape index (κ1) is 17.1. The van der Waals surface area contributed by atoms with Crippen molar-refractivity contribution in [3.63, 3.8) is 0 Å². The molecule has 7 nitrogen and oxygen atoms in total. The van der Waals surface area contributed by atoms with E-state index in [2.05, 4.69) is 5.32 Å². The number of nitrogens with zero attached hydrogens (tertiary/aromatic N) is 2. The molecule has 1 saturated heterocycles. The fourth-order valence-corrected chi connectivity index (χ4v) is 3.31. The molecule has 0 unspecified atom stereocenters. The molecular formula is C15H19N3O4S. The van der Waals surface area contributed by atoms with Crippen LogP contribution >= 0.6 is 0 Å². The van der Waals surface area contributed by atoms with Gasteiger partial charge in [-0.25, -0.2) is 13.2 Å². The molecule has 0 spiro atoms. The first-order chi connectivity index (χ1) is 10.9. The smallest absolute Gasteiger partial charge is 0.317 e. The molecule has 1 aromatic carbocycles. The van der Waals surface area contributed by atoms with Gasteiger partial charge in [-0.3, -0.25) is 0 Å². The van der Waals surface area contributed by atoms with Gasteiger partial charge in [-0.1, -0.05) is 0 Å². The van der Waals surface area contributed by atoms with Crippen molar-refractivity contribution in [3.05, 3.63) is 29.8 Å². The van der Waals surface area contributed by atoms with Crippen molar-refractivity contribution in [2.75, 3.05) is 32.5 Å². The molecule has 1 N–H and O–H groups in total. The summed E-state index contributed by atoms with van der Waals surface area (Å²) >= 11 is 0. The minimum atomic E-state index is -3.11. The van der Waals surface area contributed by atoms with Gasteiger partial charge >= 0.3 is 6.03 Å². The molecule has 8 heteroatoms. The first-order valence-electron chi connectivity index (χ1n) is 7.25. The number of nitriles is 1. The highest BCUT2D eigenvalue weighted by Gasteiger charge is 2.32. The van der Waals surface area contributed by atoms with Crippen LogP contribution in [-0.2, 0) is 9.84 Å². The molecule has 1 heterocycles. The van der Waals surface area contributed by atoms with Crippen molar-refractivity contribution in [2.45, 2.75) is 11.7 Å². The number of likely N-dealkylation sites (tertiary alicyclic amines) is 1. The lowest BCUT2D eigenvalue weighted by Crippen LogP contribution is -2.41. The van der Waals surface area contributed by atoms with Gasteiger partial charge < -0.3 is 15.0 Å². The molecular weight excluding hydrogens is 318 g/mol. The van der Waals surface area contributed by atoms with Gasteiger partial charge in [0.25, 0.3) is 0 Å². The van der Waals surface area contributed by atoms with E-state index >= 15 is 0 Å². The predicted molar refractivity (Wildman–Crippen MR) is 84.9 cm³/mol. The monoisotopic (exact) mass is 337 g/mol. The Hall–Kier alpha value is -2.27. The summed E-state index contributed by atoms with van der Waals surface area (Å²) in [7, 11) is -3.11. The molecule has 124 valence electrons. The normalized spacial score (nSPS) is 17.6. The Morgan fingerprint density at radius 2 is 2.13 bits per heavy atom. The third-order valence-electron chi connectivity index (χ3n) is 3.67. The Labute approximate surface area is 135 Å². The molecule has 23 heavy (non-hydrogen) atoms. The van der Waals surface area contributed by atoms with E-state index in [1.54, 1.807) is 24.3 Å². The van der Waals surface area contributed by atoms with E-state index in [9.17, 15) is 13.2 Å². The lowest BCUT2D eigenvalue weighted by Gasteiger charge is -2.17. The number of hydrogen-bond donors (Lipinski definition) is 1. The van der Waals surface area contributed by atoms with Crippen LogP contribution in [0.3, 0.4) is 0 Å². The maximum atomic E-state index is 11.9. The van der Waals surface area contributed by atoms with Gasteiger partial charge in [0.05, 0.1) is 23.4 Å². The molecule has 1 aliphatic rings. The van der Waals surface area contributed by atoms with Gasteiger partial charge in [0.2, 0.25) is 0 Å². The number of amides is 2. The highest BCUT2D eigenvalue weighted by atomic mass is 32.2. The van der Waals surface area contributed by atoms with Crippen LogP contribution in [0, 0.1) is 11.3 Å². The molecule has 1 aromatic rings. The van der Waals surface area contributed by atoms with Crippen LogP contribution in [0.4, 0.5) is 4.79 Å². The van der Waals surface area contributed by atoms with Gasteiger partial charge in [-0.15, -0.1) is 0 Å².